The molecular weight excluding hydrogens is 280 g/mol. The number of hydrogen-bond donors (Lipinski definition) is 0. The molecule has 0 aromatic heterocycles. The molecule has 0 aromatic rings. The fourth-order valence-electron chi connectivity index (χ4n) is 2.25. The van der Waals surface area contributed by atoms with Gasteiger partial charge in [-0.05, 0) is 32.6 Å². The normalized spacial score (nSPS) is 13.5. The average Bonchev–Trinajstić information content (AvgIpc) is 2.49. The molecule has 0 saturated carbocycles. The number of carbonyl (C=O) groups is 2. The van der Waals surface area contributed by atoms with Crippen molar-refractivity contribution in [3.05, 3.63) is 0 Å². The van der Waals surface area contributed by atoms with E-state index in [2.05, 4.69) is 13.8 Å². The van der Waals surface area contributed by atoms with Crippen LogP contribution in [0.5, 0.6) is 0 Å². The van der Waals surface area contributed by atoms with Crippen molar-refractivity contribution in [2.75, 3.05) is 0 Å². The molecule has 0 aromatic carbocycles. The largest absolute Gasteiger partial charge is 0.463 e. The summed E-state index contributed by atoms with van der Waals surface area (Å²) in [4.78, 5) is 23.4. The minimum absolute atomic E-state index is 0.0172. The molecule has 0 spiro atoms. The van der Waals surface area contributed by atoms with Gasteiger partial charge in [0.25, 0.3) is 0 Å². The third kappa shape index (κ3) is 11.6. The van der Waals surface area contributed by atoms with E-state index in [1.54, 1.807) is 0 Å². The minimum atomic E-state index is -0.303. The highest BCUT2D eigenvalue weighted by atomic mass is 16.5. The summed E-state index contributed by atoms with van der Waals surface area (Å²) in [6.07, 6.45) is 8.29. The first-order valence-corrected chi connectivity index (χ1v) is 8.92. The molecule has 4 heteroatoms. The molecule has 0 amide bonds. The molecule has 0 N–H and O–H groups in total. The zero-order valence-corrected chi connectivity index (χ0v) is 14.9. The molecule has 0 aliphatic carbocycles. The van der Waals surface area contributed by atoms with Crippen molar-refractivity contribution in [1.29, 1.82) is 0 Å². The number of ether oxygens (including phenoxy) is 2. The number of hydrogen-bond acceptors (Lipinski definition) is 4. The Kier molecular flexibility index (Phi) is 12.9. The molecule has 0 radical (unpaired) electrons. The Morgan fingerprint density at radius 1 is 0.818 bits per heavy atom. The molecule has 130 valence electrons. The lowest BCUT2D eigenvalue weighted by atomic mass is 10.1. The van der Waals surface area contributed by atoms with Crippen molar-refractivity contribution in [2.45, 2.75) is 104 Å². The van der Waals surface area contributed by atoms with Crippen LogP contribution in [0.25, 0.3) is 0 Å². The van der Waals surface area contributed by atoms with E-state index in [4.69, 9.17) is 9.47 Å². The third-order valence-electron chi connectivity index (χ3n) is 3.71. The Bertz CT molecular complexity index is 301. The van der Waals surface area contributed by atoms with Gasteiger partial charge in [-0.25, -0.2) is 0 Å². The van der Waals surface area contributed by atoms with Crippen LogP contribution < -0.4 is 0 Å². The lowest BCUT2D eigenvalue weighted by molar-refractivity contribution is -0.156. The van der Waals surface area contributed by atoms with E-state index >= 15 is 0 Å². The summed E-state index contributed by atoms with van der Waals surface area (Å²) in [5.74, 6) is -0.596. The summed E-state index contributed by atoms with van der Waals surface area (Å²) in [6.45, 7) is 8.18. The summed E-state index contributed by atoms with van der Waals surface area (Å²) < 4.78 is 10.7. The van der Waals surface area contributed by atoms with Crippen molar-refractivity contribution < 1.29 is 19.1 Å². The molecule has 0 fully saturated rings. The Labute approximate surface area is 135 Å². The van der Waals surface area contributed by atoms with Crippen molar-refractivity contribution in [3.63, 3.8) is 0 Å². The van der Waals surface area contributed by atoms with E-state index in [0.717, 1.165) is 51.4 Å². The summed E-state index contributed by atoms with van der Waals surface area (Å²) in [7, 11) is 0. The first-order chi connectivity index (χ1) is 10.5. The number of unbranched alkanes of at least 4 members (excludes halogenated alkanes) is 3. The molecule has 0 bridgehead atoms. The van der Waals surface area contributed by atoms with Crippen LogP contribution in [-0.2, 0) is 19.1 Å². The first-order valence-electron chi connectivity index (χ1n) is 8.92. The second-order valence-electron chi connectivity index (χ2n) is 5.96. The maximum Gasteiger partial charge on any atom is 0.306 e. The van der Waals surface area contributed by atoms with Gasteiger partial charge < -0.3 is 9.47 Å². The molecule has 2 atom stereocenters. The van der Waals surface area contributed by atoms with E-state index in [-0.39, 0.29) is 37.0 Å². The highest BCUT2D eigenvalue weighted by Crippen LogP contribution is 2.11. The van der Waals surface area contributed by atoms with E-state index in [0.29, 0.717) is 0 Å². The number of carbonyl (C=O) groups excluding carboxylic acids is 2. The van der Waals surface area contributed by atoms with E-state index in [9.17, 15) is 9.59 Å². The third-order valence-corrected chi connectivity index (χ3v) is 3.71. The van der Waals surface area contributed by atoms with Crippen LogP contribution in [0.15, 0.2) is 0 Å². The van der Waals surface area contributed by atoms with Gasteiger partial charge in [-0.2, -0.15) is 0 Å². The molecule has 22 heavy (non-hydrogen) atoms. The monoisotopic (exact) mass is 314 g/mol. The molecule has 0 aliphatic rings. The molecule has 0 aliphatic heterocycles. The predicted octanol–water partition coefficient (Wildman–Crippen LogP) is 4.79. The fourth-order valence-corrected chi connectivity index (χ4v) is 2.25. The van der Waals surface area contributed by atoms with Crippen LogP contribution >= 0.6 is 0 Å². The molecule has 2 unspecified atom stereocenters. The summed E-state index contributed by atoms with van der Waals surface area (Å²) >= 11 is 0. The quantitative estimate of drug-likeness (QED) is 0.362. The van der Waals surface area contributed by atoms with Gasteiger partial charge in [-0.15, -0.1) is 0 Å². The van der Waals surface area contributed by atoms with Crippen LogP contribution in [0, 0.1) is 0 Å². The standard InChI is InChI=1S/C18H34O4/c1-5-8-10-11-15(4)21-17(19)13-14-18(20)22-16(7-3)12-9-6-2/h15-16H,5-14H2,1-4H3. The Balaban J connectivity index is 3.85. The summed E-state index contributed by atoms with van der Waals surface area (Å²) in [6, 6.07) is 0. The van der Waals surface area contributed by atoms with Crippen LogP contribution in [0.1, 0.15) is 91.9 Å². The van der Waals surface area contributed by atoms with Gasteiger partial charge in [0.2, 0.25) is 0 Å². The first kappa shape index (κ1) is 20.9. The van der Waals surface area contributed by atoms with Crippen LogP contribution in [0.3, 0.4) is 0 Å². The second kappa shape index (κ2) is 13.6. The van der Waals surface area contributed by atoms with Gasteiger partial charge in [-0.1, -0.05) is 46.5 Å². The summed E-state index contributed by atoms with van der Waals surface area (Å²) in [5, 5.41) is 0. The van der Waals surface area contributed by atoms with Crippen molar-refractivity contribution in [3.8, 4) is 0 Å². The van der Waals surface area contributed by atoms with Crippen molar-refractivity contribution in [1.82, 2.24) is 0 Å². The van der Waals surface area contributed by atoms with Gasteiger partial charge in [0, 0.05) is 0 Å². The Morgan fingerprint density at radius 3 is 1.95 bits per heavy atom. The zero-order chi connectivity index (χ0) is 16.8. The van der Waals surface area contributed by atoms with Gasteiger partial charge in [0.1, 0.15) is 6.10 Å². The van der Waals surface area contributed by atoms with E-state index in [1.165, 1.54) is 0 Å². The smallest absolute Gasteiger partial charge is 0.306 e. The highest BCUT2D eigenvalue weighted by Gasteiger charge is 2.15. The average molecular weight is 314 g/mol. The lowest BCUT2D eigenvalue weighted by Gasteiger charge is -2.16. The predicted molar refractivity (Wildman–Crippen MR) is 88.6 cm³/mol. The van der Waals surface area contributed by atoms with Gasteiger partial charge in [0.05, 0.1) is 18.9 Å². The second-order valence-corrected chi connectivity index (χ2v) is 5.96. The molecule has 4 nitrogen and oxygen atoms in total. The maximum absolute atomic E-state index is 11.7. The minimum Gasteiger partial charge on any atom is -0.463 e. The van der Waals surface area contributed by atoms with Gasteiger partial charge >= 0.3 is 11.9 Å². The lowest BCUT2D eigenvalue weighted by Crippen LogP contribution is -2.20. The topological polar surface area (TPSA) is 52.6 Å². The van der Waals surface area contributed by atoms with Gasteiger partial charge in [0.15, 0.2) is 0 Å². The van der Waals surface area contributed by atoms with E-state index in [1.807, 2.05) is 13.8 Å². The molecule has 0 heterocycles. The van der Waals surface area contributed by atoms with Crippen LogP contribution in [0.2, 0.25) is 0 Å². The molecule has 0 rings (SSSR count). The van der Waals surface area contributed by atoms with Crippen LogP contribution in [-0.4, -0.2) is 24.1 Å². The molecular formula is C18H34O4. The maximum atomic E-state index is 11.7. The van der Waals surface area contributed by atoms with Crippen molar-refractivity contribution >= 4 is 11.9 Å². The van der Waals surface area contributed by atoms with Crippen molar-refractivity contribution in [2.24, 2.45) is 0 Å². The Hall–Kier alpha value is -1.06. The molecule has 0 saturated heterocycles. The van der Waals surface area contributed by atoms with Gasteiger partial charge in [-0.3, -0.25) is 9.59 Å². The number of esters is 2. The Morgan fingerprint density at radius 2 is 1.41 bits per heavy atom. The summed E-state index contributed by atoms with van der Waals surface area (Å²) in [5.41, 5.74) is 0. The fraction of sp³-hybridized carbons (Fsp3) is 0.889. The van der Waals surface area contributed by atoms with E-state index < -0.39 is 0 Å². The SMILES string of the molecule is CCCCCC(C)OC(=O)CCC(=O)OC(CC)CCCC. The number of rotatable bonds is 13. The van der Waals surface area contributed by atoms with Crippen LogP contribution in [0.4, 0.5) is 0 Å². The zero-order valence-electron chi connectivity index (χ0n) is 14.9. The highest BCUT2D eigenvalue weighted by molar-refractivity contribution is 5.77.